The van der Waals surface area contributed by atoms with Crippen molar-refractivity contribution in [2.75, 3.05) is 13.1 Å². The van der Waals surface area contributed by atoms with Crippen molar-refractivity contribution < 1.29 is 9.18 Å². The van der Waals surface area contributed by atoms with Gasteiger partial charge in [0, 0.05) is 23.6 Å². The fourth-order valence-electron chi connectivity index (χ4n) is 2.18. The summed E-state index contributed by atoms with van der Waals surface area (Å²) in [5.41, 5.74) is 6.66. The fourth-order valence-corrected chi connectivity index (χ4v) is 2.67. The highest BCUT2D eigenvalue weighted by Gasteiger charge is 2.21. The van der Waals surface area contributed by atoms with Gasteiger partial charge in [-0.3, -0.25) is 4.79 Å². The van der Waals surface area contributed by atoms with E-state index in [1.165, 1.54) is 12.1 Å². The van der Waals surface area contributed by atoms with Gasteiger partial charge in [0.1, 0.15) is 5.82 Å². The molecule has 19 heavy (non-hydrogen) atoms. The van der Waals surface area contributed by atoms with Gasteiger partial charge in [0.15, 0.2) is 0 Å². The van der Waals surface area contributed by atoms with Gasteiger partial charge in [-0.1, -0.05) is 22.0 Å². The molecular formula is C13H17BrClFN2O. The Kier molecular flexibility index (Phi) is 6.23. The van der Waals surface area contributed by atoms with Gasteiger partial charge in [-0.15, -0.1) is 12.4 Å². The number of rotatable bonds is 2. The van der Waals surface area contributed by atoms with Gasteiger partial charge in [0.25, 0.3) is 0 Å². The predicted octanol–water partition coefficient (Wildman–Crippen LogP) is 2.50. The lowest BCUT2D eigenvalue weighted by Crippen LogP contribution is -2.46. The highest BCUT2D eigenvalue weighted by Crippen LogP contribution is 2.20. The summed E-state index contributed by atoms with van der Waals surface area (Å²) < 4.78 is 13.6. The van der Waals surface area contributed by atoms with Crippen LogP contribution >= 0.6 is 28.3 Å². The van der Waals surface area contributed by atoms with Crippen LogP contribution in [0, 0.1) is 5.82 Å². The first-order valence-corrected chi connectivity index (χ1v) is 6.83. The van der Waals surface area contributed by atoms with Gasteiger partial charge < -0.3 is 10.6 Å². The molecule has 6 heteroatoms. The number of amides is 1. The molecule has 0 bridgehead atoms. The smallest absolute Gasteiger partial charge is 0.227 e. The number of piperidine rings is 1. The van der Waals surface area contributed by atoms with Crippen molar-refractivity contribution in [1.82, 2.24) is 4.90 Å². The molecule has 2 rings (SSSR count). The molecule has 1 aromatic rings. The minimum Gasteiger partial charge on any atom is -0.341 e. The van der Waals surface area contributed by atoms with Crippen molar-refractivity contribution in [3.63, 3.8) is 0 Å². The first-order chi connectivity index (χ1) is 8.56. The Morgan fingerprint density at radius 2 is 2.26 bits per heavy atom. The van der Waals surface area contributed by atoms with Crippen LogP contribution in [0.5, 0.6) is 0 Å². The number of carbonyl (C=O) groups excluding carboxylic acids is 1. The minimum atomic E-state index is -0.307. The molecule has 1 atom stereocenters. The average Bonchev–Trinajstić information content (AvgIpc) is 2.32. The first-order valence-electron chi connectivity index (χ1n) is 6.03. The molecule has 0 saturated carbocycles. The summed E-state index contributed by atoms with van der Waals surface area (Å²) in [5.74, 6) is -0.254. The number of benzene rings is 1. The lowest BCUT2D eigenvalue weighted by atomic mass is 10.1. The first kappa shape index (κ1) is 16.4. The van der Waals surface area contributed by atoms with E-state index in [-0.39, 0.29) is 36.6 Å². The molecule has 0 spiro atoms. The van der Waals surface area contributed by atoms with E-state index in [9.17, 15) is 9.18 Å². The predicted molar refractivity (Wildman–Crippen MR) is 78.8 cm³/mol. The number of halogens is 3. The van der Waals surface area contributed by atoms with E-state index >= 15 is 0 Å². The average molecular weight is 352 g/mol. The molecule has 1 saturated heterocycles. The zero-order valence-corrected chi connectivity index (χ0v) is 12.8. The Hall–Kier alpha value is -0.650. The third-order valence-corrected chi connectivity index (χ3v) is 3.91. The molecule has 1 heterocycles. The topological polar surface area (TPSA) is 46.3 Å². The zero-order valence-electron chi connectivity index (χ0n) is 10.4. The maximum atomic E-state index is 12.9. The molecule has 0 aliphatic carbocycles. The molecule has 1 aromatic carbocycles. The van der Waals surface area contributed by atoms with Gasteiger partial charge in [0.2, 0.25) is 5.91 Å². The zero-order chi connectivity index (χ0) is 13.1. The molecule has 0 radical (unpaired) electrons. The highest BCUT2D eigenvalue weighted by atomic mass is 79.9. The van der Waals surface area contributed by atoms with Crippen LogP contribution in [0.1, 0.15) is 18.4 Å². The van der Waals surface area contributed by atoms with Crippen molar-refractivity contribution in [2.24, 2.45) is 5.73 Å². The normalized spacial score (nSPS) is 18.9. The van der Waals surface area contributed by atoms with Crippen molar-refractivity contribution in [1.29, 1.82) is 0 Å². The summed E-state index contributed by atoms with van der Waals surface area (Å²) in [7, 11) is 0. The summed E-state index contributed by atoms with van der Waals surface area (Å²) in [6.07, 6.45) is 2.22. The third-order valence-electron chi connectivity index (χ3n) is 3.17. The number of carbonyl (C=O) groups is 1. The van der Waals surface area contributed by atoms with Crippen LogP contribution < -0.4 is 5.73 Å². The molecule has 1 fully saturated rings. The summed E-state index contributed by atoms with van der Waals surface area (Å²) in [6, 6.07) is 4.47. The van der Waals surface area contributed by atoms with Gasteiger partial charge in [0.05, 0.1) is 6.42 Å². The second kappa shape index (κ2) is 7.22. The van der Waals surface area contributed by atoms with Crippen molar-refractivity contribution in [3.05, 3.63) is 34.1 Å². The van der Waals surface area contributed by atoms with E-state index in [2.05, 4.69) is 15.9 Å². The maximum absolute atomic E-state index is 12.9. The van der Waals surface area contributed by atoms with Crippen molar-refractivity contribution in [2.45, 2.75) is 25.3 Å². The van der Waals surface area contributed by atoms with E-state index in [1.54, 1.807) is 11.0 Å². The number of nitrogens with two attached hydrogens (primary N) is 1. The Morgan fingerprint density at radius 3 is 2.89 bits per heavy atom. The molecule has 0 aromatic heterocycles. The van der Waals surface area contributed by atoms with Crippen molar-refractivity contribution in [3.8, 4) is 0 Å². The van der Waals surface area contributed by atoms with Crippen LogP contribution in [-0.2, 0) is 11.2 Å². The SMILES string of the molecule is Cl.N[C@H]1CCCN(C(=O)Cc2ccc(F)cc2Br)C1. The van der Waals surface area contributed by atoms with Crippen LogP contribution in [0.2, 0.25) is 0 Å². The molecule has 3 nitrogen and oxygen atoms in total. The largest absolute Gasteiger partial charge is 0.341 e. The van der Waals surface area contributed by atoms with Gasteiger partial charge in [-0.05, 0) is 30.5 Å². The fraction of sp³-hybridized carbons (Fsp3) is 0.462. The molecule has 1 aliphatic heterocycles. The number of hydrogen-bond acceptors (Lipinski definition) is 2. The van der Waals surface area contributed by atoms with Crippen molar-refractivity contribution >= 4 is 34.2 Å². The second-order valence-corrected chi connectivity index (χ2v) is 5.51. The van der Waals surface area contributed by atoms with E-state index < -0.39 is 0 Å². The quantitative estimate of drug-likeness (QED) is 0.890. The van der Waals surface area contributed by atoms with Crippen LogP contribution in [0.4, 0.5) is 4.39 Å². The Balaban J connectivity index is 0.00000180. The number of nitrogens with zero attached hydrogens (tertiary/aromatic N) is 1. The van der Waals surface area contributed by atoms with E-state index in [4.69, 9.17) is 5.73 Å². The lowest BCUT2D eigenvalue weighted by molar-refractivity contribution is -0.131. The molecule has 1 amide bonds. The second-order valence-electron chi connectivity index (χ2n) is 4.65. The Morgan fingerprint density at radius 1 is 1.53 bits per heavy atom. The van der Waals surface area contributed by atoms with Gasteiger partial charge >= 0.3 is 0 Å². The minimum absolute atomic E-state index is 0. The molecule has 106 valence electrons. The Bertz CT molecular complexity index is 458. The van der Waals surface area contributed by atoms with E-state index in [0.29, 0.717) is 11.0 Å². The van der Waals surface area contributed by atoms with Crippen LogP contribution in [0.15, 0.2) is 22.7 Å². The maximum Gasteiger partial charge on any atom is 0.227 e. The highest BCUT2D eigenvalue weighted by molar-refractivity contribution is 9.10. The van der Waals surface area contributed by atoms with Crippen LogP contribution in [0.25, 0.3) is 0 Å². The van der Waals surface area contributed by atoms with Crippen LogP contribution in [-0.4, -0.2) is 29.9 Å². The van der Waals surface area contributed by atoms with E-state index in [1.807, 2.05) is 0 Å². The molecule has 0 unspecified atom stereocenters. The summed E-state index contributed by atoms with van der Waals surface area (Å²) in [5, 5.41) is 0. The van der Waals surface area contributed by atoms with Crippen LogP contribution in [0.3, 0.4) is 0 Å². The summed E-state index contributed by atoms with van der Waals surface area (Å²) in [4.78, 5) is 13.9. The van der Waals surface area contributed by atoms with Gasteiger partial charge in [-0.25, -0.2) is 4.39 Å². The Labute approximate surface area is 126 Å². The molecule has 1 aliphatic rings. The third kappa shape index (κ3) is 4.44. The number of hydrogen-bond donors (Lipinski definition) is 1. The lowest BCUT2D eigenvalue weighted by Gasteiger charge is -2.31. The summed E-state index contributed by atoms with van der Waals surface area (Å²) in [6.45, 7) is 1.39. The molecule has 2 N–H and O–H groups in total. The number of likely N-dealkylation sites (tertiary alicyclic amines) is 1. The monoisotopic (exact) mass is 350 g/mol. The standard InChI is InChI=1S/C13H16BrFN2O.ClH/c14-12-7-10(15)4-3-9(12)6-13(18)17-5-1-2-11(16)8-17;/h3-4,7,11H,1-2,5-6,8,16H2;1H/t11-;/m0./s1. The molecular weight excluding hydrogens is 335 g/mol. The summed E-state index contributed by atoms with van der Waals surface area (Å²) >= 11 is 3.28. The van der Waals surface area contributed by atoms with E-state index in [0.717, 1.165) is 24.9 Å². The van der Waals surface area contributed by atoms with Gasteiger partial charge in [-0.2, -0.15) is 0 Å².